The lowest BCUT2D eigenvalue weighted by molar-refractivity contribution is 0.00578. The molecule has 6 aromatic heterocycles. The van der Waals surface area contributed by atoms with Crippen molar-refractivity contribution in [3.63, 3.8) is 0 Å². The van der Waals surface area contributed by atoms with Gasteiger partial charge >= 0.3 is 21.4 Å². The van der Waals surface area contributed by atoms with E-state index in [-0.39, 0.29) is 11.8 Å². The van der Waals surface area contributed by atoms with E-state index < -0.39 is 55.0 Å². The molecule has 18 nitrogen and oxygen atoms in total. The summed E-state index contributed by atoms with van der Waals surface area (Å²) in [6, 6.07) is 113. The van der Waals surface area contributed by atoms with Gasteiger partial charge in [0.25, 0.3) is 0 Å². The first-order chi connectivity index (χ1) is 70.8. The number of nitrogens with zero attached hydrogens (tertiary/aromatic N) is 12. The van der Waals surface area contributed by atoms with Crippen molar-refractivity contribution in [1.29, 1.82) is 0 Å². The molecule has 9 heterocycles. The first-order valence-electron chi connectivity index (χ1n) is 51.9. The molecule has 0 spiro atoms. The van der Waals surface area contributed by atoms with Crippen LogP contribution in [0.4, 0.5) is 0 Å². The number of hydrogen-bond donors (Lipinski definition) is 0. The molecule has 13 aromatic carbocycles. The summed E-state index contributed by atoms with van der Waals surface area (Å²) in [7, 11) is 6.70. The molecule has 2 unspecified atom stereocenters. The number of aromatic nitrogens is 12. The second kappa shape index (κ2) is 39.4. The number of fused-ring (bicyclic) bond motifs is 2. The Morgan fingerprint density at radius 3 is 0.980 bits per heavy atom. The van der Waals surface area contributed by atoms with E-state index in [0.717, 1.165) is 192 Å². The highest BCUT2D eigenvalue weighted by Gasteiger charge is 2.55. The van der Waals surface area contributed by atoms with Crippen molar-refractivity contribution in [2.45, 2.75) is 193 Å². The number of rotatable bonds is 31. The molecule has 21 heteroatoms. The van der Waals surface area contributed by atoms with E-state index in [2.05, 4.69) is 446 Å². The molecule has 2 atom stereocenters. The molecule has 0 radical (unpaired) electrons. The van der Waals surface area contributed by atoms with Crippen molar-refractivity contribution >= 4 is 59.8 Å². The minimum Gasteiger partial charge on any atom is -0.399 e. The molecule has 22 rings (SSSR count). The SMILES string of the molecule is Cn1ccnc1-c1ccc(CCc2cc(CCc3ccc(-c4ncc(C(Cc5ccc(-c6nccn6-c6ccccc6)cc5)c5cc(CCc6ccc(-c7ncc(C(Cc8ccc(-c9nc%10ccccc%10n9C)cc8)c8cc(CCc9ccc(-c%10nc%11ccccc%11n%10C)cc9)cc(B9OC(C)(C)C(C)(C)O9)c8)n7-c7ccccc7)cc6)cc(B6OC(C)(C)C(C)(C)O6)c5)n4C)cc3)cc(B3OC(C)(C)C(C)(C)O3)c2)cc1. The van der Waals surface area contributed by atoms with Gasteiger partial charge < -0.3 is 46.2 Å². The quantitative estimate of drug-likeness (QED) is 0.0379. The molecule has 736 valence electrons. The summed E-state index contributed by atoms with van der Waals surface area (Å²) in [5.74, 6) is 5.05. The van der Waals surface area contributed by atoms with Crippen molar-refractivity contribution < 1.29 is 27.9 Å². The molecular weight excluding hydrogens is 1810 g/mol. The zero-order valence-electron chi connectivity index (χ0n) is 87.2. The molecule has 0 saturated carbocycles. The van der Waals surface area contributed by atoms with Crippen molar-refractivity contribution in [3.05, 3.63) is 425 Å². The van der Waals surface area contributed by atoms with Gasteiger partial charge in [0.2, 0.25) is 0 Å². The van der Waals surface area contributed by atoms with Gasteiger partial charge in [0.1, 0.15) is 34.9 Å². The van der Waals surface area contributed by atoms with Gasteiger partial charge in [-0.05, 0) is 279 Å². The lowest BCUT2D eigenvalue weighted by Gasteiger charge is -2.32. The monoisotopic (exact) mass is 1940 g/mol. The molecule has 0 N–H and O–H groups in total. The Morgan fingerprint density at radius 1 is 0.265 bits per heavy atom. The first kappa shape index (κ1) is 97.3. The second-order valence-corrected chi connectivity index (χ2v) is 43.6. The maximum Gasteiger partial charge on any atom is 0.494 e. The van der Waals surface area contributed by atoms with E-state index in [1.54, 1.807) is 0 Å². The van der Waals surface area contributed by atoms with Crippen LogP contribution in [0.3, 0.4) is 0 Å². The van der Waals surface area contributed by atoms with Crippen LogP contribution in [0.25, 0.3) is 102 Å². The van der Waals surface area contributed by atoms with Crippen LogP contribution in [0.2, 0.25) is 0 Å². The van der Waals surface area contributed by atoms with Gasteiger partial charge in [-0.2, -0.15) is 0 Å². The number of imidazole rings is 6. The largest absolute Gasteiger partial charge is 0.494 e. The third kappa shape index (κ3) is 19.7. The minimum atomic E-state index is -0.622. The summed E-state index contributed by atoms with van der Waals surface area (Å²) in [5.41, 5.74) is 28.9. The number of para-hydroxylation sites is 6. The smallest absolute Gasteiger partial charge is 0.399 e. The molecule has 3 fully saturated rings. The highest BCUT2D eigenvalue weighted by atomic mass is 16.7. The standard InChI is InChI=1S/C126H127B3N12O6/c1-121(2)122(3,4)143-127(142-121)102-74-90(39-35-84-43-55-94(56-44-84)115-130-67-69-136(115)13)71-91(75-102)40-36-85-45-57-95(58-46-85)116-132-82-113(139(116)16)107(78-88-51-63-96(64-52-88)117-131-68-70-140(117)105-27-19-17-20-28-105)100-72-92(76-103(80-100)128-144-123(5,6)124(7,8)145-128)41-37-86-47-59-97(60-48-86)118-133-83-114(141(118)106-29-21-18-22-30-106)108(79-89-53-65-99(66-54-89)120-135-110-32-24-26-34-112(110)138(120)15)101-73-93(77-104(81-101)129-146-125(9,10)126(11,12)147-129)42-38-87-49-61-98(62-50-87)119-134-109-31-23-25-33-111(109)137(119)14/h17-34,43-77,80-83,107-108H,35-42,78-79H2,1-16H3. The van der Waals surface area contributed by atoms with Crippen LogP contribution in [0.5, 0.6) is 0 Å². The number of hydrogen-bond acceptors (Lipinski definition) is 12. The van der Waals surface area contributed by atoms with Gasteiger partial charge in [-0.25, -0.2) is 29.9 Å². The Kier molecular flexibility index (Phi) is 26.1. The lowest BCUT2D eigenvalue weighted by atomic mass is 9.75. The Hall–Kier alpha value is -14.4. The predicted molar refractivity (Wildman–Crippen MR) is 595 cm³/mol. The molecule has 3 aliphatic heterocycles. The zero-order chi connectivity index (χ0) is 101. The van der Waals surface area contributed by atoms with Crippen LogP contribution in [-0.2, 0) is 120 Å². The van der Waals surface area contributed by atoms with Crippen LogP contribution in [0.15, 0.2) is 347 Å². The predicted octanol–water partition coefficient (Wildman–Crippen LogP) is 24.1. The summed E-state index contributed by atoms with van der Waals surface area (Å²) in [5, 5.41) is 0. The average Bonchev–Trinajstić information content (AvgIpc) is 1.45. The van der Waals surface area contributed by atoms with Crippen LogP contribution < -0.4 is 16.4 Å². The third-order valence-corrected chi connectivity index (χ3v) is 32.1. The Bertz CT molecular complexity index is 7950. The van der Waals surface area contributed by atoms with Crippen LogP contribution >= 0.6 is 0 Å². The topological polar surface area (TPSA) is 162 Å². The highest BCUT2D eigenvalue weighted by Crippen LogP contribution is 2.44. The highest BCUT2D eigenvalue weighted by molar-refractivity contribution is 6.63. The van der Waals surface area contributed by atoms with Gasteiger partial charge in [-0.15, -0.1) is 0 Å². The van der Waals surface area contributed by atoms with Gasteiger partial charge in [-0.3, -0.25) is 9.13 Å². The van der Waals surface area contributed by atoms with Gasteiger partial charge in [0.05, 0.1) is 61.4 Å². The first-order valence-corrected chi connectivity index (χ1v) is 51.9. The summed E-state index contributed by atoms with van der Waals surface area (Å²) in [6.07, 6.45) is 19.8. The Morgan fingerprint density at radius 2 is 0.578 bits per heavy atom. The van der Waals surface area contributed by atoms with Crippen molar-refractivity contribution in [3.8, 4) is 79.7 Å². The molecule has 3 saturated heterocycles. The van der Waals surface area contributed by atoms with Crippen molar-refractivity contribution in [1.82, 2.24) is 57.3 Å². The lowest BCUT2D eigenvalue weighted by Crippen LogP contribution is -2.41. The minimum absolute atomic E-state index is 0.170. The molecule has 0 amide bonds. The van der Waals surface area contributed by atoms with Crippen LogP contribution in [-0.4, -0.2) is 112 Å². The van der Waals surface area contributed by atoms with Crippen LogP contribution in [0.1, 0.15) is 173 Å². The number of benzene rings is 13. The molecular formula is C126H127B3N12O6. The summed E-state index contributed by atoms with van der Waals surface area (Å²) in [6.45, 7) is 25.6. The number of aryl methyl sites for hydroxylation is 11. The van der Waals surface area contributed by atoms with E-state index in [9.17, 15) is 0 Å². The molecule has 0 aliphatic carbocycles. The van der Waals surface area contributed by atoms with Gasteiger partial charge in [-0.1, -0.05) is 261 Å². The summed E-state index contributed by atoms with van der Waals surface area (Å²) >= 11 is 0. The molecule has 19 aromatic rings. The average molecular weight is 1940 g/mol. The normalized spacial score (nSPS) is 16.0. The van der Waals surface area contributed by atoms with E-state index in [1.807, 2.05) is 44.0 Å². The Balaban J connectivity index is 0.581. The van der Waals surface area contributed by atoms with Crippen molar-refractivity contribution in [2.24, 2.45) is 28.2 Å². The van der Waals surface area contributed by atoms with Crippen LogP contribution in [0, 0.1) is 0 Å². The Labute approximate surface area is 864 Å². The van der Waals surface area contributed by atoms with Crippen molar-refractivity contribution in [2.75, 3.05) is 0 Å². The molecule has 147 heavy (non-hydrogen) atoms. The summed E-state index contributed by atoms with van der Waals surface area (Å²) in [4.78, 5) is 30.6. The fourth-order valence-corrected chi connectivity index (χ4v) is 21.3. The maximum absolute atomic E-state index is 7.05. The zero-order valence-corrected chi connectivity index (χ0v) is 87.2. The van der Waals surface area contributed by atoms with Gasteiger partial charge in [0, 0.05) is 128 Å². The molecule has 3 aliphatic rings. The third-order valence-electron chi connectivity index (χ3n) is 32.1. The summed E-state index contributed by atoms with van der Waals surface area (Å²) < 4.78 is 54.9. The second-order valence-electron chi connectivity index (χ2n) is 43.6. The fraction of sp³-hybridized carbons (Fsp3) is 0.270. The fourth-order valence-electron chi connectivity index (χ4n) is 21.3. The van der Waals surface area contributed by atoms with E-state index in [4.69, 9.17) is 52.8 Å². The maximum atomic E-state index is 7.05. The van der Waals surface area contributed by atoms with E-state index in [0.29, 0.717) is 12.8 Å². The molecule has 0 bridgehead atoms. The van der Waals surface area contributed by atoms with Gasteiger partial charge in [0.15, 0.2) is 0 Å². The van der Waals surface area contributed by atoms with E-state index >= 15 is 0 Å². The van der Waals surface area contributed by atoms with E-state index in [1.165, 1.54) is 55.6 Å².